The molecule has 2 heterocycles. The van der Waals surface area contributed by atoms with Crippen LogP contribution in [0, 0.1) is 19.7 Å². The molecule has 1 atom stereocenters. The molecule has 1 aliphatic heterocycles. The van der Waals surface area contributed by atoms with E-state index in [4.69, 9.17) is 16.3 Å². The number of nitrogens with zero attached hydrogens (tertiary/aromatic N) is 3. The number of alkyl halides is 1. The fraction of sp³-hybridized carbons (Fsp3) is 0.500. The van der Waals surface area contributed by atoms with Crippen molar-refractivity contribution in [3.05, 3.63) is 50.7 Å². The number of hydrogen-bond donors (Lipinski definition) is 2. The summed E-state index contributed by atoms with van der Waals surface area (Å²) < 4.78 is 21.1. The minimum atomic E-state index is -0.681. The van der Waals surface area contributed by atoms with Gasteiger partial charge in [-0.05, 0) is 71.2 Å². The maximum atomic E-state index is 14.3. The molecule has 9 nitrogen and oxygen atoms in total. The summed E-state index contributed by atoms with van der Waals surface area (Å²) in [5.74, 6) is -0.219. The minimum Gasteiger partial charge on any atom is -0.444 e. The molecule has 11 heteroatoms. The lowest BCUT2D eigenvalue weighted by atomic mass is 10.00. The molecule has 0 aliphatic carbocycles. The minimum absolute atomic E-state index is 0.0517. The summed E-state index contributed by atoms with van der Waals surface area (Å²) >= 11 is 5.66. The SMILES string of the molecule is Cc1cc(-n2c(NC(=O)NCCCl)nc3c(c2=O)CCN(C(=O)OC(C)(C)C)[C@H]3C)cc(C)c1F. The molecule has 0 fully saturated rings. The molecular weight excluding hydrogens is 477 g/mol. The van der Waals surface area contributed by atoms with E-state index in [1.807, 2.05) is 0 Å². The highest BCUT2D eigenvalue weighted by atomic mass is 35.5. The molecule has 0 unspecified atom stereocenters. The Bertz CT molecular complexity index is 1180. The molecule has 1 aromatic carbocycles. The van der Waals surface area contributed by atoms with E-state index < -0.39 is 29.3 Å². The molecule has 0 radical (unpaired) electrons. The van der Waals surface area contributed by atoms with Gasteiger partial charge in [0.15, 0.2) is 0 Å². The first-order valence-corrected chi connectivity index (χ1v) is 11.9. The van der Waals surface area contributed by atoms with Crippen molar-refractivity contribution in [3.8, 4) is 5.69 Å². The van der Waals surface area contributed by atoms with Gasteiger partial charge in [0, 0.05) is 24.5 Å². The van der Waals surface area contributed by atoms with E-state index in [-0.39, 0.29) is 37.2 Å². The predicted molar refractivity (Wildman–Crippen MR) is 132 cm³/mol. The number of urea groups is 1. The Balaban J connectivity index is 2.14. The van der Waals surface area contributed by atoms with E-state index in [0.717, 1.165) is 0 Å². The van der Waals surface area contributed by atoms with Gasteiger partial charge in [-0.15, -0.1) is 11.6 Å². The van der Waals surface area contributed by atoms with Crippen molar-refractivity contribution in [2.75, 3.05) is 24.3 Å². The van der Waals surface area contributed by atoms with Crippen LogP contribution in [0.25, 0.3) is 5.69 Å². The van der Waals surface area contributed by atoms with Gasteiger partial charge >= 0.3 is 12.1 Å². The van der Waals surface area contributed by atoms with Crippen LogP contribution in [-0.2, 0) is 11.2 Å². The standard InChI is InChI=1S/C24H31ClFN5O4/c1-13-11-16(12-14(2)18(13)26)31-20(32)17-7-10-30(23(34)35-24(4,5)6)15(3)19(17)28-21(31)29-22(33)27-9-8-25/h11-12,15H,7-10H2,1-6H3,(H2,27,28,29,33)/t15-/m0/s1. The zero-order valence-electron chi connectivity index (χ0n) is 20.8. The average Bonchev–Trinajstić information content (AvgIpc) is 2.75. The highest BCUT2D eigenvalue weighted by Crippen LogP contribution is 2.30. The first-order valence-electron chi connectivity index (χ1n) is 11.4. The third-order valence-electron chi connectivity index (χ3n) is 5.59. The largest absolute Gasteiger partial charge is 0.444 e. The van der Waals surface area contributed by atoms with E-state index in [1.54, 1.807) is 41.5 Å². The normalized spacial score (nSPS) is 15.4. The lowest BCUT2D eigenvalue weighted by Crippen LogP contribution is -2.45. The summed E-state index contributed by atoms with van der Waals surface area (Å²) in [6.07, 6.45) is -0.261. The van der Waals surface area contributed by atoms with Gasteiger partial charge in [-0.1, -0.05) is 0 Å². The second-order valence-corrected chi connectivity index (χ2v) is 9.88. The Hall–Kier alpha value is -3.14. The topological polar surface area (TPSA) is 106 Å². The monoisotopic (exact) mass is 507 g/mol. The zero-order chi connectivity index (χ0) is 26.1. The molecule has 1 aliphatic rings. The maximum Gasteiger partial charge on any atom is 0.410 e. The van der Waals surface area contributed by atoms with Crippen LogP contribution in [0.5, 0.6) is 0 Å². The van der Waals surface area contributed by atoms with Crippen LogP contribution in [0.15, 0.2) is 16.9 Å². The summed E-state index contributed by atoms with van der Waals surface area (Å²) in [4.78, 5) is 45.0. The lowest BCUT2D eigenvalue weighted by Gasteiger charge is -2.35. The van der Waals surface area contributed by atoms with Gasteiger partial charge in [-0.3, -0.25) is 15.0 Å². The lowest BCUT2D eigenvalue weighted by molar-refractivity contribution is 0.0154. The van der Waals surface area contributed by atoms with Gasteiger partial charge in [0.05, 0.1) is 17.4 Å². The molecule has 0 saturated carbocycles. The number of carbonyl (C=O) groups excluding carboxylic acids is 2. The van der Waals surface area contributed by atoms with Gasteiger partial charge in [0.2, 0.25) is 5.95 Å². The number of fused-ring (bicyclic) bond motifs is 1. The number of aryl methyl sites for hydroxylation is 2. The van der Waals surface area contributed by atoms with Gasteiger partial charge in [-0.25, -0.2) is 23.5 Å². The quantitative estimate of drug-likeness (QED) is 0.603. The Morgan fingerprint density at radius 2 is 1.89 bits per heavy atom. The third-order valence-corrected chi connectivity index (χ3v) is 5.78. The molecule has 2 aromatic rings. The molecule has 35 heavy (non-hydrogen) atoms. The Morgan fingerprint density at radius 1 is 1.26 bits per heavy atom. The number of amides is 3. The van der Waals surface area contributed by atoms with Crippen molar-refractivity contribution in [3.63, 3.8) is 0 Å². The van der Waals surface area contributed by atoms with Crippen LogP contribution in [0.1, 0.15) is 56.1 Å². The van der Waals surface area contributed by atoms with Crippen LogP contribution in [0.4, 0.5) is 19.9 Å². The Labute approximate surface area is 208 Å². The van der Waals surface area contributed by atoms with Crippen molar-refractivity contribution < 1.29 is 18.7 Å². The second-order valence-electron chi connectivity index (χ2n) is 9.50. The van der Waals surface area contributed by atoms with E-state index in [0.29, 0.717) is 28.1 Å². The van der Waals surface area contributed by atoms with Crippen LogP contribution < -0.4 is 16.2 Å². The van der Waals surface area contributed by atoms with Gasteiger partial charge in [0.1, 0.15) is 11.4 Å². The zero-order valence-corrected chi connectivity index (χ0v) is 21.5. The van der Waals surface area contributed by atoms with Gasteiger partial charge < -0.3 is 10.1 Å². The fourth-order valence-electron chi connectivity index (χ4n) is 3.98. The molecule has 190 valence electrons. The van der Waals surface area contributed by atoms with Gasteiger partial charge in [-0.2, -0.15) is 0 Å². The number of ether oxygens (including phenoxy) is 1. The van der Waals surface area contributed by atoms with Crippen molar-refractivity contribution >= 4 is 29.7 Å². The average molecular weight is 508 g/mol. The van der Waals surface area contributed by atoms with Crippen molar-refractivity contribution in [1.29, 1.82) is 0 Å². The fourth-order valence-corrected chi connectivity index (χ4v) is 4.07. The second kappa shape index (κ2) is 10.2. The highest BCUT2D eigenvalue weighted by Gasteiger charge is 2.35. The molecule has 2 N–H and O–H groups in total. The smallest absolute Gasteiger partial charge is 0.410 e. The summed E-state index contributed by atoms with van der Waals surface area (Å²) in [5, 5.41) is 5.18. The summed E-state index contributed by atoms with van der Waals surface area (Å²) in [5.41, 5.74) is 0.785. The number of carbonyl (C=O) groups is 2. The van der Waals surface area contributed by atoms with Gasteiger partial charge in [0.25, 0.3) is 5.56 Å². The first-order chi connectivity index (χ1) is 16.3. The van der Waals surface area contributed by atoms with Crippen LogP contribution in [-0.4, -0.2) is 51.1 Å². The number of benzene rings is 1. The molecule has 0 bridgehead atoms. The predicted octanol–water partition coefficient (Wildman–Crippen LogP) is 4.20. The summed E-state index contributed by atoms with van der Waals surface area (Å²) in [6.45, 7) is 10.8. The van der Waals surface area contributed by atoms with Crippen molar-refractivity contribution in [2.24, 2.45) is 0 Å². The van der Waals surface area contributed by atoms with Crippen molar-refractivity contribution in [2.45, 2.75) is 59.6 Å². The molecule has 1 aromatic heterocycles. The van der Waals surface area contributed by atoms with Crippen LogP contribution in [0.3, 0.4) is 0 Å². The Kier molecular flexibility index (Phi) is 7.74. The van der Waals surface area contributed by atoms with E-state index >= 15 is 0 Å². The third kappa shape index (κ3) is 5.75. The molecule has 0 saturated heterocycles. The van der Waals surface area contributed by atoms with E-state index in [9.17, 15) is 18.8 Å². The van der Waals surface area contributed by atoms with E-state index in [1.165, 1.54) is 21.6 Å². The number of hydrogen-bond acceptors (Lipinski definition) is 5. The number of halogens is 2. The molecule has 0 spiro atoms. The van der Waals surface area contributed by atoms with Crippen LogP contribution in [0.2, 0.25) is 0 Å². The molecule has 3 amide bonds. The molecular formula is C24H31ClFN5O4. The Morgan fingerprint density at radius 3 is 2.46 bits per heavy atom. The van der Waals surface area contributed by atoms with Crippen molar-refractivity contribution in [1.82, 2.24) is 19.8 Å². The number of aromatic nitrogens is 2. The summed E-state index contributed by atoms with van der Waals surface area (Å²) in [7, 11) is 0. The molecule has 3 rings (SSSR count). The summed E-state index contributed by atoms with van der Waals surface area (Å²) in [6, 6.07) is 1.88. The first kappa shape index (κ1) is 26.5. The van der Waals surface area contributed by atoms with E-state index in [2.05, 4.69) is 15.6 Å². The number of rotatable bonds is 4. The highest BCUT2D eigenvalue weighted by molar-refractivity contribution is 6.18. The number of anilines is 1. The maximum absolute atomic E-state index is 14.3. The number of nitrogens with one attached hydrogen (secondary N) is 2. The van der Waals surface area contributed by atoms with Crippen LogP contribution >= 0.6 is 11.6 Å².